The average Bonchev–Trinajstić information content (AvgIpc) is 2.80. The molecular weight excluding hydrogens is 542 g/mol. The largest absolute Gasteiger partial charge is 0.490 e. The molecule has 0 bridgehead atoms. The first-order chi connectivity index (χ1) is 18.2. The molecule has 1 aliphatic carbocycles. The number of carbonyl (C=O) groups excluding carboxylic acids is 1. The minimum absolute atomic E-state index is 0.00306. The topological polar surface area (TPSA) is 107 Å². The molecule has 1 saturated carbocycles. The molecule has 39 heavy (non-hydrogen) atoms. The average molecular weight is 568 g/mol. The number of rotatable bonds is 7. The lowest BCUT2D eigenvalue weighted by Crippen LogP contribution is -2.21. The van der Waals surface area contributed by atoms with E-state index in [1.165, 1.54) is 25.3 Å². The fraction of sp³-hybridized carbons (Fsp3) is 0.346. The van der Waals surface area contributed by atoms with Crippen LogP contribution in [0.2, 0.25) is 0 Å². The number of aryl methyl sites for hydroxylation is 1. The van der Waals surface area contributed by atoms with Crippen molar-refractivity contribution in [1.82, 2.24) is 10.2 Å². The van der Waals surface area contributed by atoms with E-state index in [-0.39, 0.29) is 28.0 Å². The molecule has 1 aliphatic rings. The minimum Gasteiger partial charge on any atom is -0.490 e. The molecule has 3 aromatic rings. The van der Waals surface area contributed by atoms with Gasteiger partial charge in [0.2, 0.25) is 0 Å². The van der Waals surface area contributed by atoms with E-state index in [1.54, 1.807) is 13.0 Å². The summed E-state index contributed by atoms with van der Waals surface area (Å²) in [5, 5.41) is 9.14. The van der Waals surface area contributed by atoms with E-state index in [2.05, 4.69) is 15.5 Å². The number of halogens is 4. The summed E-state index contributed by atoms with van der Waals surface area (Å²) < 4.78 is 91.1. The maximum absolute atomic E-state index is 15.3. The Balaban J connectivity index is 1.81. The number of ether oxygens (including phenoxy) is 2. The number of aromatic nitrogens is 2. The molecule has 0 radical (unpaired) electrons. The molecule has 0 unspecified atom stereocenters. The van der Waals surface area contributed by atoms with E-state index in [0.29, 0.717) is 11.1 Å². The Morgan fingerprint density at radius 2 is 1.79 bits per heavy atom. The quantitative estimate of drug-likeness (QED) is 0.350. The number of nitrogens with one attached hydrogen (secondary N) is 1. The molecule has 4 rings (SSSR count). The lowest BCUT2D eigenvalue weighted by Gasteiger charge is -2.28. The standard InChI is InChI=1S/C26H25F4N3O5S/c1-13-11-18(15-7-5-8-15)20(27)22(37-3)21(13)38-25-19(14(2)23(32-33-25)26(28,29)30)24(34)31-16-9-6-10-17(12-16)39(4,35)36/h6,9-12,15H,5,7-8H2,1-4H3,(H,31,34). The summed E-state index contributed by atoms with van der Waals surface area (Å²) in [5.74, 6) is -2.78. The van der Waals surface area contributed by atoms with Gasteiger partial charge in [-0.1, -0.05) is 12.5 Å². The third-order valence-corrected chi connectivity index (χ3v) is 7.65. The molecule has 13 heteroatoms. The van der Waals surface area contributed by atoms with Gasteiger partial charge in [0.1, 0.15) is 5.56 Å². The third kappa shape index (κ3) is 5.68. The van der Waals surface area contributed by atoms with Crippen molar-refractivity contribution in [2.45, 2.75) is 50.1 Å². The zero-order chi connectivity index (χ0) is 28.7. The number of carbonyl (C=O) groups is 1. The first-order valence-corrected chi connectivity index (χ1v) is 13.7. The highest BCUT2D eigenvalue weighted by Crippen LogP contribution is 2.46. The van der Waals surface area contributed by atoms with Crippen LogP contribution in [0.25, 0.3) is 0 Å². The van der Waals surface area contributed by atoms with Crippen molar-refractivity contribution < 1.29 is 40.2 Å². The van der Waals surface area contributed by atoms with E-state index in [0.717, 1.165) is 38.5 Å². The number of amides is 1. The van der Waals surface area contributed by atoms with Gasteiger partial charge in [-0.2, -0.15) is 13.2 Å². The number of nitrogens with zero attached hydrogens (tertiary/aromatic N) is 2. The van der Waals surface area contributed by atoms with E-state index in [4.69, 9.17) is 9.47 Å². The van der Waals surface area contributed by atoms with Gasteiger partial charge < -0.3 is 14.8 Å². The summed E-state index contributed by atoms with van der Waals surface area (Å²) >= 11 is 0. The highest BCUT2D eigenvalue weighted by molar-refractivity contribution is 7.90. The molecular formula is C26H25F4N3O5S. The van der Waals surface area contributed by atoms with Crippen molar-refractivity contribution in [3.05, 3.63) is 64.1 Å². The number of hydrogen-bond acceptors (Lipinski definition) is 7. The van der Waals surface area contributed by atoms with Crippen molar-refractivity contribution in [1.29, 1.82) is 0 Å². The second kappa shape index (κ2) is 10.4. The van der Waals surface area contributed by atoms with Crippen molar-refractivity contribution in [2.75, 3.05) is 18.7 Å². The Morgan fingerprint density at radius 3 is 2.36 bits per heavy atom. The van der Waals surface area contributed by atoms with Gasteiger partial charge in [0, 0.05) is 11.9 Å². The smallest absolute Gasteiger partial charge is 0.435 e. The van der Waals surface area contributed by atoms with Gasteiger partial charge in [0.25, 0.3) is 11.8 Å². The monoisotopic (exact) mass is 567 g/mol. The minimum atomic E-state index is -4.94. The maximum atomic E-state index is 15.3. The fourth-order valence-electron chi connectivity index (χ4n) is 4.30. The Kier molecular flexibility index (Phi) is 7.57. The van der Waals surface area contributed by atoms with E-state index < -0.39 is 50.4 Å². The molecule has 0 aliphatic heterocycles. The van der Waals surface area contributed by atoms with Crippen LogP contribution in [0.15, 0.2) is 35.2 Å². The number of alkyl halides is 3. The summed E-state index contributed by atoms with van der Waals surface area (Å²) in [6.45, 7) is 2.64. The van der Waals surface area contributed by atoms with Gasteiger partial charge in [0.05, 0.1) is 12.0 Å². The van der Waals surface area contributed by atoms with E-state index >= 15 is 4.39 Å². The van der Waals surface area contributed by atoms with Gasteiger partial charge in [-0.25, -0.2) is 12.8 Å². The first-order valence-electron chi connectivity index (χ1n) is 11.8. The zero-order valence-electron chi connectivity index (χ0n) is 21.4. The predicted octanol–water partition coefficient (Wildman–Crippen LogP) is 5.98. The highest BCUT2D eigenvalue weighted by atomic mass is 32.2. The van der Waals surface area contributed by atoms with Crippen LogP contribution in [0, 0.1) is 19.7 Å². The van der Waals surface area contributed by atoms with Crippen LogP contribution in [0.1, 0.15) is 57.9 Å². The molecule has 0 atom stereocenters. The van der Waals surface area contributed by atoms with E-state index in [9.17, 15) is 26.4 Å². The Morgan fingerprint density at radius 1 is 1.10 bits per heavy atom. The fourth-order valence-corrected chi connectivity index (χ4v) is 4.97. The third-order valence-electron chi connectivity index (χ3n) is 6.54. The second-order valence-electron chi connectivity index (χ2n) is 9.29. The molecule has 0 saturated heterocycles. The van der Waals surface area contributed by atoms with Gasteiger partial charge >= 0.3 is 6.18 Å². The van der Waals surface area contributed by atoms with Crippen molar-refractivity contribution in [3.63, 3.8) is 0 Å². The summed E-state index contributed by atoms with van der Waals surface area (Å²) in [5.41, 5.74) is -1.76. The normalized spacial score (nSPS) is 14.1. The zero-order valence-corrected chi connectivity index (χ0v) is 22.3. The molecule has 0 spiro atoms. The SMILES string of the molecule is COc1c(F)c(C2CCC2)cc(C)c1Oc1nnc(C(F)(F)F)c(C)c1C(=O)Nc1cccc(S(C)(=O)=O)c1. The molecule has 1 fully saturated rings. The Hall–Kier alpha value is -3.74. The number of methoxy groups -OCH3 is 1. The molecule has 1 aromatic heterocycles. The Labute approximate surface area is 222 Å². The molecule has 8 nitrogen and oxygen atoms in total. The van der Waals surface area contributed by atoms with Gasteiger partial charge in [-0.3, -0.25) is 4.79 Å². The molecule has 1 N–H and O–H groups in total. The van der Waals surface area contributed by atoms with Gasteiger partial charge in [0.15, 0.2) is 32.8 Å². The highest BCUT2D eigenvalue weighted by Gasteiger charge is 2.38. The second-order valence-corrected chi connectivity index (χ2v) is 11.3. The lowest BCUT2D eigenvalue weighted by atomic mass is 9.79. The van der Waals surface area contributed by atoms with Crippen LogP contribution >= 0.6 is 0 Å². The predicted molar refractivity (Wildman–Crippen MR) is 134 cm³/mol. The number of anilines is 1. The van der Waals surface area contributed by atoms with E-state index in [1.807, 2.05) is 0 Å². The Bertz CT molecular complexity index is 1550. The van der Waals surface area contributed by atoms with Crippen molar-refractivity contribution >= 4 is 21.4 Å². The van der Waals surface area contributed by atoms with Crippen molar-refractivity contribution in [2.24, 2.45) is 0 Å². The summed E-state index contributed by atoms with van der Waals surface area (Å²) in [4.78, 5) is 13.2. The summed E-state index contributed by atoms with van der Waals surface area (Å²) in [7, 11) is -2.41. The van der Waals surface area contributed by atoms with Crippen LogP contribution < -0.4 is 14.8 Å². The summed E-state index contributed by atoms with van der Waals surface area (Å²) in [6, 6.07) is 6.77. The van der Waals surface area contributed by atoms with Crippen LogP contribution in [0.4, 0.5) is 23.2 Å². The van der Waals surface area contributed by atoms with Crippen LogP contribution in [-0.2, 0) is 16.0 Å². The molecule has 2 aromatic carbocycles. The molecule has 208 valence electrons. The molecule has 1 heterocycles. The van der Waals surface area contributed by atoms with Gasteiger partial charge in [-0.15, -0.1) is 10.2 Å². The van der Waals surface area contributed by atoms with Crippen LogP contribution in [-0.4, -0.2) is 37.9 Å². The van der Waals surface area contributed by atoms with Crippen LogP contribution in [0.3, 0.4) is 0 Å². The summed E-state index contributed by atoms with van der Waals surface area (Å²) in [6.07, 6.45) is -1.37. The lowest BCUT2D eigenvalue weighted by molar-refractivity contribution is -0.142. The number of benzene rings is 2. The number of hydrogen-bond donors (Lipinski definition) is 1. The van der Waals surface area contributed by atoms with Gasteiger partial charge in [-0.05, 0) is 73.6 Å². The maximum Gasteiger partial charge on any atom is 0.435 e. The first kappa shape index (κ1) is 28.3. The molecule has 1 amide bonds. The van der Waals surface area contributed by atoms with Crippen LogP contribution in [0.5, 0.6) is 17.4 Å². The van der Waals surface area contributed by atoms with Crippen molar-refractivity contribution in [3.8, 4) is 17.4 Å². The number of sulfone groups is 1.